The molecule has 1 aliphatic carbocycles. The molecule has 2 N–H and O–H groups in total. The van der Waals surface area contributed by atoms with Crippen LogP contribution >= 0.6 is 34.7 Å². The van der Waals surface area contributed by atoms with Gasteiger partial charge in [0.25, 0.3) is 0 Å². The molecule has 166 valence electrons. The van der Waals surface area contributed by atoms with E-state index >= 15 is 0 Å². The largest absolute Gasteiger partial charge is 0.384 e. The van der Waals surface area contributed by atoms with Crippen LogP contribution in [-0.2, 0) is 4.79 Å². The average Bonchev–Trinajstić information content (AvgIpc) is 3.13. The maximum atomic E-state index is 13.5. The van der Waals surface area contributed by atoms with Gasteiger partial charge in [-0.1, -0.05) is 74.5 Å². The first kappa shape index (κ1) is 22.8. The predicted molar refractivity (Wildman–Crippen MR) is 129 cm³/mol. The Morgan fingerprint density at radius 1 is 1.34 bits per heavy atom. The van der Waals surface area contributed by atoms with E-state index in [0.717, 1.165) is 15.6 Å². The molecule has 0 fully saturated rings. The second kappa shape index (κ2) is 8.54. The Bertz CT molecular complexity index is 1190. The Balaban J connectivity index is 1.93. The summed E-state index contributed by atoms with van der Waals surface area (Å²) in [5, 5.41) is 20.3. The first-order chi connectivity index (χ1) is 15.1. The van der Waals surface area contributed by atoms with Gasteiger partial charge in [0.15, 0.2) is 10.1 Å². The predicted octanol–water partition coefficient (Wildman–Crippen LogP) is 5.63. The Hall–Kier alpha value is -2.34. The molecule has 4 rings (SSSR count). The lowest BCUT2D eigenvalue weighted by molar-refractivity contribution is -0.118. The number of carbonyl (C=O) groups excluding carboxylic acids is 1. The number of anilines is 1. The monoisotopic (exact) mass is 485 g/mol. The second-order valence-corrected chi connectivity index (χ2v) is 12.3. The number of hydrogen-bond donors (Lipinski definition) is 1. The van der Waals surface area contributed by atoms with Crippen molar-refractivity contribution in [1.29, 1.82) is 5.26 Å². The highest BCUT2D eigenvalue weighted by molar-refractivity contribution is 8.01. The molecule has 0 radical (unpaired) electrons. The molecule has 0 amide bonds. The quantitative estimate of drug-likeness (QED) is 0.560. The number of nitrogens with zero attached hydrogens (tertiary/aromatic N) is 4. The fraction of sp³-hybridized carbons (Fsp3) is 0.391. The molecule has 0 saturated heterocycles. The summed E-state index contributed by atoms with van der Waals surface area (Å²) in [6.07, 6.45) is 1.04. The fourth-order valence-corrected chi connectivity index (χ4v) is 6.59. The van der Waals surface area contributed by atoms with Gasteiger partial charge in [-0.05, 0) is 29.5 Å². The number of nitriles is 1. The summed E-state index contributed by atoms with van der Waals surface area (Å²) in [7, 11) is 0. The van der Waals surface area contributed by atoms with Crippen LogP contribution in [0, 0.1) is 16.7 Å². The third-order valence-electron chi connectivity index (χ3n) is 5.49. The summed E-state index contributed by atoms with van der Waals surface area (Å²) in [6, 6.07) is 9.55. The molecule has 2 aromatic rings. The minimum absolute atomic E-state index is 0.0211. The van der Waals surface area contributed by atoms with E-state index in [-0.39, 0.29) is 11.2 Å². The number of allylic oxidation sites excluding steroid dienone is 3. The summed E-state index contributed by atoms with van der Waals surface area (Å²) in [6.45, 7) is 8.32. The van der Waals surface area contributed by atoms with Crippen molar-refractivity contribution in [2.75, 3.05) is 4.90 Å². The molecule has 2 aliphatic rings. The Morgan fingerprint density at radius 2 is 2.09 bits per heavy atom. The molecule has 0 spiro atoms. The minimum Gasteiger partial charge on any atom is -0.384 e. The molecule has 0 saturated carbocycles. The van der Waals surface area contributed by atoms with Gasteiger partial charge in [0.05, 0.1) is 17.6 Å². The van der Waals surface area contributed by atoms with E-state index in [1.165, 1.54) is 11.3 Å². The lowest BCUT2D eigenvalue weighted by atomic mass is 9.69. The van der Waals surface area contributed by atoms with E-state index in [1.54, 1.807) is 28.8 Å². The Kier molecular flexibility index (Phi) is 6.10. The van der Waals surface area contributed by atoms with Crippen LogP contribution in [0.25, 0.3) is 0 Å². The average molecular weight is 486 g/mol. The zero-order valence-corrected chi connectivity index (χ0v) is 20.7. The zero-order chi connectivity index (χ0) is 23.2. The number of ketones is 1. The molecule has 32 heavy (non-hydrogen) atoms. The summed E-state index contributed by atoms with van der Waals surface area (Å²) in [4.78, 5) is 15.3. The summed E-state index contributed by atoms with van der Waals surface area (Å²) >= 11 is 9.29. The third kappa shape index (κ3) is 4.17. The van der Waals surface area contributed by atoms with Gasteiger partial charge in [-0.2, -0.15) is 5.26 Å². The van der Waals surface area contributed by atoms with E-state index in [9.17, 15) is 10.1 Å². The van der Waals surface area contributed by atoms with Gasteiger partial charge in [0.2, 0.25) is 5.13 Å². The van der Waals surface area contributed by atoms with Gasteiger partial charge < -0.3 is 5.73 Å². The zero-order valence-electron chi connectivity index (χ0n) is 18.3. The molecule has 1 atom stereocenters. The number of halogens is 1. The number of Topliss-reactive ketones (excluding diaryl/α,β-unsaturated/α-hetero) is 1. The van der Waals surface area contributed by atoms with Crippen molar-refractivity contribution in [2.45, 2.75) is 56.0 Å². The number of aromatic nitrogens is 2. The fourth-order valence-electron chi connectivity index (χ4n) is 4.29. The van der Waals surface area contributed by atoms with Crippen LogP contribution in [0.4, 0.5) is 5.13 Å². The number of rotatable bonds is 4. The van der Waals surface area contributed by atoms with Crippen LogP contribution in [-0.4, -0.2) is 21.2 Å². The van der Waals surface area contributed by atoms with Gasteiger partial charge in [0.1, 0.15) is 5.82 Å². The van der Waals surface area contributed by atoms with Crippen LogP contribution in [0.2, 0.25) is 5.02 Å². The maximum absolute atomic E-state index is 13.5. The lowest BCUT2D eigenvalue weighted by Crippen LogP contribution is -2.42. The van der Waals surface area contributed by atoms with E-state index in [0.29, 0.717) is 45.2 Å². The summed E-state index contributed by atoms with van der Waals surface area (Å²) < 4.78 is 0.821. The van der Waals surface area contributed by atoms with Crippen LogP contribution in [0.5, 0.6) is 0 Å². The molecule has 0 bridgehead atoms. The number of nitrogens with two attached hydrogens (primary N) is 1. The van der Waals surface area contributed by atoms with Gasteiger partial charge in [-0.3, -0.25) is 9.69 Å². The van der Waals surface area contributed by atoms with Crippen molar-refractivity contribution in [1.82, 2.24) is 10.2 Å². The highest BCUT2D eigenvalue weighted by Crippen LogP contribution is 2.51. The van der Waals surface area contributed by atoms with Crippen molar-refractivity contribution >= 4 is 45.6 Å². The number of hydrogen-bond acceptors (Lipinski definition) is 8. The van der Waals surface area contributed by atoms with Crippen molar-refractivity contribution in [3.63, 3.8) is 0 Å². The molecular formula is C23H24ClN5OS2. The van der Waals surface area contributed by atoms with Crippen molar-refractivity contribution < 1.29 is 4.79 Å². The number of thioether (sulfide) groups is 1. The third-order valence-corrected chi connectivity index (χ3v) is 7.72. The molecule has 1 aliphatic heterocycles. The van der Waals surface area contributed by atoms with Crippen LogP contribution in [0.15, 0.2) is 51.3 Å². The van der Waals surface area contributed by atoms with E-state index in [4.69, 9.17) is 17.3 Å². The maximum Gasteiger partial charge on any atom is 0.219 e. The Labute approximate surface area is 201 Å². The first-order valence-corrected chi connectivity index (χ1v) is 12.4. The van der Waals surface area contributed by atoms with Crippen LogP contribution in [0.3, 0.4) is 0 Å². The van der Waals surface area contributed by atoms with Gasteiger partial charge in [-0.25, -0.2) is 0 Å². The van der Waals surface area contributed by atoms with Gasteiger partial charge in [-0.15, -0.1) is 10.2 Å². The van der Waals surface area contributed by atoms with Crippen LogP contribution in [0.1, 0.15) is 52.0 Å². The summed E-state index contributed by atoms with van der Waals surface area (Å²) in [5.74, 6) is -0.238. The standard InChI is InChI=1S/C23H24ClN5OS2/c1-12(2)31-22-28-27-21(32-22)29-16-9-23(3,4)10-17(30)19(16)18(15(11-25)20(29)26)13-6-5-7-14(24)8-13/h5-8,12,18H,9-10,26H2,1-4H3. The highest BCUT2D eigenvalue weighted by atomic mass is 35.5. The van der Waals surface area contributed by atoms with Crippen molar-refractivity contribution in [3.8, 4) is 6.07 Å². The summed E-state index contributed by atoms with van der Waals surface area (Å²) in [5.41, 5.74) is 8.89. The van der Waals surface area contributed by atoms with Gasteiger partial charge >= 0.3 is 0 Å². The van der Waals surface area contributed by atoms with Gasteiger partial charge in [0, 0.05) is 28.0 Å². The molecule has 6 nitrogen and oxygen atoms in total. The van der Waals surface area contributed by atoms with E-state index < -0.39 is 5.92 Å². The molecule has 1 unspecified atom stereocenters. The number of benzene rings is 1. The normalized spacial score (nSPS) is 20.6. The smallest absolute Gasteiger partial charge is 0.219 e. The SMILES string of the molecule is CC(C)Sc1nnc(N2C(N)=C(C#N)C(c3cccc(Cl)c3)C3=C2CC(C)(C)CC3=O)s1. The molecule has 2 heterocycles. The molecule has 9 heteroatoms. The Morgan fingerprint density at radius 3 is 2.75 bits per heavy atom. The minimum atomic E-state index is -0.550. The van der Waals surface area contributed by atoms with Crippen molar-refractivity contribution in [3.05, 3.63) is 57.5 Å². The van der Waals surface area contributed by atoms with Crippen LogP contribution < -0.4 is 10.6 Å². The van der Waals surface area contributed by atoms with E-state index in [2.05, 4.69) is 44.0 Å². The highest BCUT2D eigenvalue weighted by Gasteiger charge is 2.45. The second-order valence-electron chi connectivity index (χ2n) is 9.05. The molecule has 1 aromatic carbocycles. The number of carbonyl (C=O) groups is 1. The molecule has 1 aromatic heterocycles. The molecular weight excluding hydrogens is 462 g/mol. The van der Waals surface area contributed by atoms with Crippen molar-refractivity contribution in [2.24, 2.45) is 11.1 Å². The lowest BCUT2D eigenvalue weighted by Gasteiger charge is -2.42. The first-order valence-electron chi connectivity index (χ1n) is 10.3. The topological polar surface area (TPSA) is 95.9 Å². The van der Waals surface area contributed by atoms with E-state index in [1.807, 2.05) is 12.1 Å².